The summed E-state index contributed by atoms with van der Waals surface area (Å²) in [5.74, 6) is 0.104. The van der Waals surface area contributed by atoms with Gasteiger partial charge in [0.25, 0.3) is 0 Å². The molecule has 1 N–H and O–H groups in total. The molecule has 1 saturated heterocycles. The Morgan fingerprint density at radius 3 is 2.58 bits per heavy atom. The van der Waals surface area contributed by atoms with E-state index in [1.165, 1.54) is 0 Å². The lowest BCUT2D eigenvalue weighted by atomic mass is 10.1. The summed E-state index contributed by atoms with van der Waals surface area (Å²) in [4.78, 5) is 9.90. The predicted molar refractivity (Wildman–Crippen MR) is 60.0 cm³/mol. The number of halogens is 3. The molecule has 0 aliphatic carbocycles. The van der Waals surface area contributed by atoms with Crippen molar-refractivity contribution in [1.29, 1.82) is 0 Å². The molecule has 104 valence electrons. The fraction of sp³-hybridized carbons (Fsp3) is 0.455. The minimum Gasteiger partial charge on any atom is -0.486 e. The van der Waals surface area contributed by atoms with E-state index in [9.17, 15) is 23.3 Å². The Balaban J connectivity index is 2.19. The van der Waals surface area contributed by atoms with Gasteiger partial charge in [0.1, 0.15) is 0 Å². The summed E-state index contributed by atoms with van der Waals surface area (Å²) in [6.07, 6.45) is -4.61. The van der Waals surface area contributed by atoms with Crippen molar-refractivity contribution in [2.45, 2.75) is 6.18 Å². The summed E-state index contributed by atoms with van der Waals surface area (Å²) >= 11 is 0. The minimum atomic E-state index is -4.61. The molecule has 2 rings (SSSR count). The topological polar surface area (TPSA) is 64.4 Å². The molecule has 0 aromatic heterocycles. The number of nitrogens with zero attached hydrogens (tertiary/aromatic N) is 1. The van der Waals surface area contributed by atoms with Crippen LogP contribution in [-0.4, -0.2) is 24.6 Å². The van der Waals surface area contributed by atoms with E-state index in [-0.39, 0.29) is 18.3 Å². The first-order valence-electron chi connectivity index (χ1n) is 5.57. The van der Waals surface area contributed by atoms with E-state index in [2.05, 4.69) is 5.32 Å². The average molecular weight is 276 g/mol. The van der Waals surface area contributed by atoms with Crippen molar-refractivity contribution in [2.24, 2.45) is 5.92 Å². The second-order valence-electron chi connectivity index (χ2n) is 4.27. The van der Waals surface area contributed by atoms with Crippen LogP contribution in [0.2, 0.25) is 0 Å². The first kappa shape index (κ1) is 13.6. The Morgan fingerprint density at radius 1 is 1.42 bits per heavy atom. The van der Waals surface area contributed by atoms with Crippen molar-refractivity contribution in [3.63, 3.8) is 0 Å². The molecule has 1 fully saturated rings. The van der Waals surface area contributed by atoms with Gasteiger partial charge in [-0.25, -0.2) is 0 Å². The smallest absolute Gasteiger partial charge is 0.416 e. The normalized spacial score (nSPS) is 15.9. The van der Waals surface area contributed by atoms with Crippen molar-refractivity contribution in [3.8, 4) is 5.75 Å². The Hall–Kier alpha value is -1.83. The van der Waals surface area contributed by atoms with E-state index < -0.39 is 22.4 Å². The lowest BCUT2D eigenvalue weighted by molar-refractivity contribution is -0.386. The van der Waals surface area contributed by atoms with Gasteiger partial charge < -0.3 is 10.1 Å². The number of ether oxygens (including phenoxy) is 1. The fourth-order valence-corrected chi connectivity index (χ4v) is 1.63. The Labute approximate surface area is 106 Å². The van der Waals surface area contributed by atoms with Gasteiger partial charge in [-0.15, -0.1) is 0 Å². The van der Waals surface area contributed by atoms with Crippen molar-refractivity contribution in [3.05, 3.63) is 33.9 Å². The molecule has 0 spiro atoms. The van der Waals surface area contributed by atoms with Crippen LogP contribution in [0.5, 0.6) is 5.75 Å². The first-order chi connectivity index (χ1) is 8.88. The zero-order valence-corrected chi connectivity index (χ0v) is 9.74. The van der Waals surface area contributed by atoms with Crippen LogP contribution in [0.4, 0.5) is 18.9 Å². The molecular formula is C11H11F3N2O3. The van der Waals surface area contributed by atoms with Gasteiger partial charge in [-0.1, -0.05) is 0 Å². The maximum absolute atomic E-state index is 12.5. The second kappa shape index (κ2) is 5.04. The van der Waals surface area contributed by atoms with Crippen LogP contribution in [-0.2, 0) is 6.18 Å². The first-order valence-corrected chi connectivity index (χ1v) is 5.57. The number of hydrogen-bond donors (Lipinski definition) is 1. The molecule has 8 heteroatoms. The highest BCUT2D eigenvalue weighted by Gasteiger charge is 2.33. The third-order valence-electron chi connectivity index (χ3n) is 2.82. The molecule has 0 radical (unpaired) electrons. The number of hydrogen-bond acceptors (Lipinski definition) is 4. The maximum atomic E-state index is 12.5. The maximum Gasteiger partial charge on any atom is 0.416 e. The van der Waals surface area contributed by atoms with Gasteiger partial charge in [0.05, 0.1) is 17.1 Å². The van der Waals surface area contributed by atoms with Gasteiger partial charge >= 0.3 is 11.9 Å². The van der Waals surface area contributed by atoms with E-state index in [4.69, 9.17) is 4.74 Å². The molecule has 1 aliphatic heterocycles. The third kappa shape index (κ3) is 3.14. The number of nitrogens with one attached hydrogen (secondary N) is 1. The van der Waals surface area contributed by atoms with Crippen molar-refractivity contribution < 1.29 is 22.8 Å². The molecule has 5 nitrogen and oxygen atoms in total. The third-order valence-corrected chi connectivity index (χ3v) is 2.82. The Morgan fingerprint density at radius 2 is 2.11 bits per heavy atom. The summed E-state index contributed by atoms with van der Waals surface area (Å²) < 4.78 is 42.6. The van der Waals surface area contributed by atoms with Crippen LogP contribution in [0.15, 0.2) is 18.2 Å². The standard InChI is InChI=1S/C11H11F3N2O3/c12-11(13,14)8-1-2-10(9(3-8)16(17)18)19-6-7-4-15-5-7/h1-3,7,15H,4-6H2. The van der Waals surface area contributed by atoms with Crippen LogP contribution in [0.25, 0.3) is 0 Å². The lowest BCUT2D eigenvalue weighted by Crippen LogP contribution is -2.45. The molecule has 1 heterocycles. The lowest BCUT2D eigenvalue weighted by Gasteiger charge is -2.26. The molecule has 1 aromatic rings. The summed E-state index contributed by atoms with van der Waals surface area (Å²) in [5.41, 5.74) is -1.72. The van der Waals surface area contributed by atoms with Gasteiger partial charge in [-0.05, 0) is 12.1 Å². The monoisotopic (exact) mass is 276 g/mol. The molecule has 1 aliphatic rings. The van der Waals surface area contributed by atoms with Gasteiger partial charge in [0.2, 0.25) is 0 Å². The predicted octanol–water partition coefficient (Wildman–Crippen LogP) is 2.21. The SMILES string of the molecule is O=[N+]([O-])c1cc(C(F)(F)F)ccc1OCC1CNC1. The summed E-state index contributed by atoms with van der Waals surface area (Å²) in [7, 11) is 0. The van der Waals surface area contributed by atoms with Crippen LogP contribution in [0, 0.1) is 16.0 Å². The largest absolute Gasteiger partial charge is 0.486 e. The summed E-state index contributed by atoms with van der Waals surface area (Å²) in [6.45, 7) is 1.74. The van der Waals surface area contributed by atoms with Gasteiger partial charge in [0, 0.05) is 25.1 Å². The van der Waals surface area contributed by atoms with Crippen molar-refractivity contribution in [1.82, 2.24) is 5.32 Å². The van der Waals surface area contributed by atoms with E-state index >= 15 is 0 Å². The molecule has 1 aromatic carbocycles. The molecule has 0 bridgehead atoms. The van der Waals surface area contributed by atoms with E-state index in [1.807, 2.05) is 0 Å². The van der Waals surface area contributed by atoms with Gasteiger partial charge in [-0.2, -0.15) is 13.2 Å². The van der Waals surface area contributed by atoms with Crippen LogP contribution in [0.3, 0.4) is 0 Å². The van der Waals surface area contributed by atoms with Crippen molar-refractivity contribution in [2.75, 3.05) is 19.7 Å². The zero-order valence-electron chi connectivity index (χ0n) is 9.74. The highest BCUT2D eigenvalue weighted by molar-refractivity contribution is 5.49. The molecule has 0 unspecified atom stereocenters. The van der Waals surface area contributed by atoms with Crippen LogP contribution in [0.1, 0.15) is 5.56 Å². The molecule has 0 amide bonds. The van der Waals surface area contributed by atoms with Crippen LogP contribution >= 0.6 is 0 Å². The number of alkyl halides is 3. The van der Waals surface area contributed by atoms with E-state index in [1.54, 1.807) is 0 Å². The minimum absolute atomic E-state index is 0.134. The van der Waals surface area contributed by atoms with Gasteiger partial charge in [-0.3, -0.25) is 10.1 Å². The Bertz CT molecular complexity index is 487. The molecule has 0 saturated carbocycles. The Kier molecular flexibility index (Phi) is 3.61. The summed E-state index contributed by atoms with van der Waals surface area (Å²) in [5, 5.41) is 13.8. The summed E-state index contributed by atoms with van der Waals surface area (Å²) in [6, 6.07) is 2.27. The zero-order chi connectivity index (χ0) is 14.0. The highest BCUT2D eigenvalue weighted by Crippen LogP contribution is 2.36. The van der Waals surface area contributed by atoms with E-state index in [0.717, 1.165) is 25.2 Å². The second-order valence-corrected chi connectivity index (χ2v) is 4.27. The number of rotatable bonds is 4. The van der Waals surface area contributed by atoms with Crippen LogP contribution < -0.4 is 10.1 Å². The average Bonchev–Trinajstić information content (AvgIpc) is 2.25. The van der Waals surface area contributed by atoms with Crippen molar-refractivity contribution >= 4 is 5.69 Å². The van der Waals surface area contributed by atoms with Gasteiger partial charge in [0.15, 0.2) is 5.75 Å². The number of benzene rings is 1. The molecular weight excluding hydrogens is 265 g/mol. The number of nitro groups is 1. The fourth-order valence-electron chi connectivity index (χ4n) is 1.63. The molecule has 19 heavy (non-hydrogen) atoms. The number of nitro benzene ring substituents is 1. The quantitative estimate of drug-likeness (QED) is 0.676. The molecule has 0 atom stereocenters. The van der Waals surface area contributed by atoms with E-state index in [0.29, 0.717) is 6.07 Å². The highest BCUT2D eigenvalue weighted by atomic mass is 19.4.